The van der Waals surface area contributed by atoms with Gasteiger partial charge in [-0.3, -0.25) is 9.98 Å². The van der Waals surface area contributed by atoms with Crippen LogP contribution in [0.2, 0.25) is 5.02 Å². The predicted octanol–water partition coefficient (Wildman–Crippen LogP) is 6.83. The number of hydrogen-bond acceptors (Lipinski definition) is 2. The van der Waals surface area contributed by atoms with E-state index in [9.17, 15) is 4.39 Å². The van der Waals surface area contributed by atoms with E-state index in [2.05, 4.69) is 21.4 Å². The molecule has 1 saturated carbocycles. The second-order valence-corrected chi connectivity index (χ2v) is 8.22. The summed E-state index contributed by atoms with van der Waals surface area (Å²) in [5, 5.41) is 5.10. The summed E-state index contributed by atoms with van der Waals surface area (Å²) in [5.74, 6) is 1.88. The number of aliphatic imine (C=N–C) groups is 1. The van der Waals surface area contributed by atoms with Gasteiger partial charge in [-0.1, -0.05) is 11.6 Å². The average molecular weight is 410 g/mol. The van der Waals surface area contributed by atoms with Crippen LogP contribution in [0.5, 0.6) is 0 Å². The van der Waals surface area contributed by atoms with Gasteiger partial charge in [-0.25, -0.2) is 4.39 Å². The fraction of sp³-hybridized carbons (Fsp3) is 0.333. The van der Waals surface area contributed by atoms with Crippen LogP contribution in [-0.2, 0) is 0 Å². The normalized spacial score (nSPS) is 20.0. The molecular formula is C24H25ClFN3. The van der Waals surface area contributed by atoms with Crippen molar-refractivity contribution < 1.29 is 4.39 Å². The maximum absolute atomic E-state index is 13.8. The summed E-state index contributed by atoms with van der Waals surface area (Å²) in [4.78, 5) is 8.84. The van der Waals surface area contributed by atoms with Crippen molar-refractivity contribution in [1.82, 2.24) is 4.98 Å². The molecule has 0 bridgehead atoms. The number of nitrogens with zero attached hydrogens (tertiary/aromatic N) is 2. The second kappa shape index (κ2) is 8.91. The highest BCUT2D eigenvalue weighted by Gasteiger charge is 2.25. The fourth-order valence-corrected chi connectivity index (χ4v) is 4.47. The molecule has 1 heterocycles. The molecule has 1 N–H and O–H groups in total. The van der Waals surface area contributed by atoms with Crippen LogP contribution < -0.4 is 5.32 Å². The first-order valence-electron chi connectivity index (χ1n) is 10.1. The van der Waals surface area contributed by atoms with E-state index in [4.69, 9.17) is 11.6 Å². The van der Waals surface area contributed by atoms with E-state index in [1.54, 1.807) is 12.1 Å². The summed E-state index contributed by atoms with van der Waals surface area (Å²) in [7, 11) is 1.83. The van der Waals surface area contributed by atoms with Crippen LogP contribution in [0.25, 0.3) is 10.9 Å². The lowest BCUT2D eigenvalue weighted by molar-refractivity contribution is 0.334. The van der Waals surface area contributed by atoms with E-state index < -0.39 is 0 Å². The van der Waals surface area contributed by atoms with Gasteiger partial charge in [-0.05, 0) is 91.6 Å². The van der Waals surface area contributed by atoms with Gasteiger partial charge in [0.1, 0.15) is 11.7 Å². The van der Waals surface area contributed by atoms with Gasteiger partial charge >= 0.3 is 0 Å². The van der Waals surface area contributed by atoms with Crippen molar-refractivity contribution in [2.75, 3.05) is 12.4 Å². The van der Waals surface area contributed by atoms with Gasteiger partial charge in [0.05, 0.1) is 5.52 Å². The van der Waals surface area contributed by atoms with Crippen LogP contribution >= 0.6 is 11.6 Å². The number of rotatable bonds is 4. The maximum atomic E-state index is 13.8. The molecule has 0 amide bonds. The highest BCUT2D eigenvalue weighted by molar-refractivity contribution is 6.30. The standard InChI is InChI=1S/C24H25ClFN3/c1-27-24(29-20-9-6-18(25)7-10-20)14-16-2-4-17(5-3-16)21-12-13-28-23-11-8-19(26)15-22(21)23/h6-13,15-17H,2-5,14H2,1H3,(H,27,29). The number of hydrogen-bond donors (Lipinski definition) is 1. The lowest BCUT2D eigenvalue weighted by atomic mass is 9.76. The van der Waals surface area contributed by atoms with Crippen molar-refractivity contribution in [1.29, 1.82) is 0 Å². The minimum absolute atomic E-state index is 0.197. The Hall–Kier alpha value is -2.46. The van der Waals surface area contributed by atoms with E-state index in [1.807, 2.05) is 37.5 Å². The van der Waals surface area contributed by atoms with Gasteiger partial charge in [0, 0.05) is 35.8 Å². The summed E-state index contributed by atoms with van der Waals surface area (Å²) >= 11 is 5.96. The Balaban J connectivity index is 1.39. The molecule has 29 heavy (non-hydrogen) atoms. The van der Waals surface area contributed by atoms with Gasteiger partial charge in [0.25, 0.3) is 0 Å². The summed E-state index contributed by atoms with van der Waals surface area (Å²) in [6, 6.07) is 14.6. The summed E-state index contributed by atoms with van der Waals surface area (Å²) in [6.07, 6.45) is 7.30. The molecular weight excluding hydrogens is 385 g/mol. The Kier molecular flexibility index (Phi) is 6.10. The number of halogens is 2. The van der Waals surface area contributed by atoms with Crippen LogP contribution in [0.3, 0.4) is 0 Å². The molecule has 4 rings (SSSR count). The first-order chi connectivity index (χ1) is 14.1. The zero-order valence-electron chi connectivity index (χ0n) is 16.5. The molecule has 150 valence electrons. The summed E-state index contributed by atoms with van der Waals surface area (Å²) in [5.41, 5.74) is 3.11. The number of benzene rings is 2. The summed E-state index contributed by atoms with van der Waals surface area (Å²) < 4.78 is 13.8. The quantitative estimate of drug-likeness (QED) is 0.378. The molecule has 2 aromatic carbocycles. The van der Waals surface area contributed by atoms with Gasteiger partial charge in [-0.15, -0.1) is 0 Å². The monoisotopic (exact) mass is 409 g/mol. The van der Waals surface area contributed by atoms with Crippen LogP contribution in [0.1, 0.15) is 43.6 Å². The van der Waals surface area contributed by atoms with Gasteiger partial charge in [0.2, 0.25) is 0 Å². The number of pyridine rings is 1. The molecule has 0 atom stereocenters. The van der Waals surface area contributed by atoms with Crippen LogP contribution in [-0.4, -0.2) is 17.9 Å². The fourth-order valence-electron chi connectivity index (χ4n) is 4.34. The van der Waals surface area contributed by atoms with Crippen molar-refractivity contribution in [2.24, 2.45) is 10.9 Å². The SMILES string of the molecule is C/N=C(/CC1CCC(c2ccnc3ccc(F)cc23)CC1)Nc1ccc(Cl)cc1. The number of amidine groups is 1. The lowest BCUT2D eigenvalue weighted by Gasteiger charge is -2.30. The molecule has 0 radical (unpaired) electrons. The third-order valence-corrected chi connectivity index (χ3v) is 6.16. The first kappa shape index (κ1) is 19.8. The zero-order chi connectivity index (χ0) is 20.2. The Morgan fingerprint density at radius 2 is 1.86 bits per heavy atom. The summed E-state index contributed by atoms with van der Waals surface area (Å²) in [6.45, 7) is 0. The smallest absolute Gasteiger partial charge is 0.123 e. The molecule has 1 aromatic heterocycles. The van der Waals surface area contributed by atoms with Crippen LogP contribution in [0, 0.1) is 11.7 Å². The van der Waals surface area contributed by atoms with Crippen molar-refractivity contribution in [3.8, 4) is 0 Å². The Morgan fingerprint density at radius 3 is 2.59 bits per heavy atom. The lowest BCUT2D eigenvalue weighted by Crippen LogP contribution is -2.21. The van der Waals surface area contributed by atoms with E-state index in [1.165, 1.54) is 11.6 Å². The molecule has 3 nitrogen and oxygen atoms in total. The van der Waals surface area contributed by atoms with Crippen molar-refractivity contribution >= 4 is 34.0 Å². The Labute approximate surface area is 176 Å². The zero-order valence-corrected chi connectivity index (χ0v) is 17.3. The predicted molar refractivity (Wildman–Crippen MR) is 119 cm³/mol. The molecule has 0 saturated heterocycles. The van der Waals surface area contributed by atoms with Crippen molar-refractivity contribution in [3.63, 3.8) is 0 Å². The van der Waals surface area contributed by atoms with E-state index in [0.717, 1.165) is 59.6 Å². The maximum Gasteiger partial charge on any atom is 0.123 e. The first-order valence-corrected chi connectivity index (χ1v) is 10.5. The van der Waals surface area contributed by atoms with E-state index in [0.29, 0.717) is 11.8 Å². The second-order valence-electron chi connectivity index (χ2n) is 7.79. The molecule has 1 fully saturated rings. The minimum atomic E-state index is -0.197. The number of anilines is 1. The molecule has 5 heteroatoms. The van der Waals surface area contributed by atoms with Crippen molar-refractivity contribution in [2.45, 2.75) is 38.0 Å². The third kappa shape index (κ3) is 4.76. The third-order valence-electron chi connectivity index (χ3n) is 5.91. The van der Waals surface area contributed by atoms with Gasteiger partial charge < -0.3 is 5.32 Å². The number of nitrogens with one attached hydrogen (secondary N) is 1. The van der Waals surface area contributed by atoms with Crippen molar-refractivity contribution in [3.05, 3.63) is 71.1 Å². The largest absolute Gasteiger partial charge is 0.344 e. The van der Waals surface area contributed by atoms with Gasteiger partial charge in [0.15, 0.2) is 0 Å². The highest BCUT2D eigenvalue weighted by atomic mass is 35.5. The number of fused-ring (bicyclic) bond motifs is 1. The Morgan fingerprint density at radius 1 is 1.10 bits per heavy atom. The molecule has 0 spiro atoms. The van der Waals surface area contributed by atoms with Crippen LogP contribution in [0.4, 0.5) is 10.1 Å². The molecule has 0 aliphatic heterocycles. The average Bonchev–Trinajstić information content (AvgIpc) is 2.75. The van der Waals surface area contributed by atoms with E-state index >= 15 is 0 Å². The van der Waals surface area contributed by atoms with E-state index in [-0.39, 0.29) is 5.82 Å². The molecule has 0 unspecified atom stereocenters. The Bertz CT molecular complexity index is 1010. The van der Waals surface area contributed by atoms with Gasteiger partial charge in [-0.2, -0.15) is 0 Å². The topological polar surface area (TPSA) is 37.3 Å². The van der Waals surface area contributed by atoms with Crippen LogP contribution in [0.15, 0.2) is 59.7 Å². The number of aromatic nitrogens is 1. The molecule has 1 aliphatic carbocycles. The highest BCUT2D eigenvalue weighted by Crippen LogP contribution is 2.39. The molecule has 3 aromatic rings. The minimum Gasteiger partial charge on any atom is -0.344 e. The molecule has 1 aliphatic rings.